The summed E-state index contributed by atoms with van der Waals surface area (Å²) in [5.41, 5.74) is 2.25. The Labute approximate surface area is 146 Å². The SMILES string of the molecule is Cc1cc(C(=O)N(C)C[C@@H]2C[C@H](F)CN2Cc2cnn(C)c2)cnn1. The minimum atomic E-state index is -0.866. The summed E-state index contributed by atoms with van der Waals surface area (Å²) in [6.45, 7) is 3.29. The van der Waals surface area contributed by atoms with Gasteiger partial charge in [-0.25, -0.2) is 4.39 Å². The van der Waals surface area contributed by atoms with Crippen molar-refractivity contribution < 1.29 is 9.18 Å². The number of alkyl halides is 1. The Bertz CT molecular complexity index is 748. The van der Waals surface area contributed by atoms with E-state index in [4.69, 9.17) is 0 Å². The molecule has 1 fully saturated rings. The Kier molecular flexibility index (Phi) is 5.08. The first-order valence-electron chi connectivity index (χ1n) is 8.33. The zero-order chi connectivity index (χ0) is 18.0. The summed E-state index contributed by atoms with van der Waals surface area (Å²) in [6, 6.07) is 1.70. The molecule has 1 amide bonds. The van der Waals surface area contributed by atoms with Gasteiger partial charge < -0.3 is 4.90 Å². The molecule has 0 unspecified atom stereocenters. The number of nitrogens with zero attached hydrogens (tertiary/aromatic N) is 6. The molecule has 0 spiro atoms. The van der Waals surface area contributed by atoms with Crippen LogP contribution in [0.15, 0.2) is 24.7 Å². The molecule has 3 heterocycles. The highest BCUT2D eigenvalue weighted by atomic mass is 19.1. The van der Waals surface area contributed by atoms with E-state index in [1.807, 2.05) is 13.2 Å². The van der Waals surface area contributed by atoms with Gasteiger partial charge >= 0.3 is 0 Å². The highest BCUT2D eigenvalue weighted by molar-refractivity contribution is 5.93. The Balaban J connectivity index is 1.66. The number of amides is 1. The van der Waals surface area contributed by atoms with Crippen molar-refractivity contribution in [1.82, 2.24) is 29.8 Å². The smallest absolute Gasteiger partial charge is 0.255 e. The fraction of sp³-hybridized carbons (Fsp3) is 0.529. The second kappa shape index (κ2) is 7.26. The number of carbonyl (C=O) groups excluding carboxylic acids is 1. The lowest BCUT2D eigenvalue weighted by Crippen LogP contribution is -2.41. The van der Waals surface area contributed by atoms with Gasteiger partial charge in [-0.05, 0) is 19.4 Å². The molecular formula is C17H23FN6O. The maximum Gasteiger partial charge on any atom is 0.255 e. The normalized spacial score (nSPS) is 20.8. The first-order valence-corrected chi connectivity index (χ1v) is 8.33. The third-order valence-corrected chi connectivity index (χ3v) is 4.48. The van der Waals surface area contributed by atoms with Crippen molar-refractivity contribution in [2.45, 2.75) is 32.1 Å². The fourth-order valence-corrected chi connectivity index (χ4v) is 3.30. The summed E-state index contributed by atoms with van der Waals surface area (Å²) >= 11 is 0. The Morgan fingerprint density at radius 1 is 1.44 bits per heavy atom. The van der Waals surface area contributed by atoms with Crippen LogP contribution in [-0.2, 0) is 13.6 Å². The average molecular weight is 346 g/mol. The van der Waals surface area contributed by atoms with E-state index in [-0.39, 0.29) is 11.9 Å². The highest BCUT2D eigenvalue weighted by Gasteiger charge is 2.33. The van der Waals surface area contributed by atoms with Crippen molar-refractivity contribution in [2.75, 3.05) is 20.1 Å². The Morgan fingerprint density at radius 2 is 2.24 bits per heavy atom. The van der Waals surface area contributed by atoms with Crippen LogP contribution in [0.3, 0.4) is 0 Å². The molecule has 0 aromatic carbocycles. The molecule has 0 aliphatic carbocycles. The van der Waals surface area contributed by atoms with Crippen molar-refractivity contribution in [1.29, 1.82) is 0 Å². The Morgan fingerprint density at radius 3 is 2.92 bits per heavy atom. The molecule has 0 N–H and O–H groups in total. The van der Waals surface area contributed by atoms with Crippen molar-refractivity contribution in [3.05, 3.63) is 41.5 Å². The monoisotopic (exact) mass is 346 g/mol. The van der Waals surface area contributed by atoms with Crippen LogP contribution < -0.4 is 0 Å². The van der Waals surface area contributed by atoms with E-state index >= 15 is 0 Å². The number of halogens is 1. The predicted molar refractivity (Wildman–Crippen MR) is 90.6 cm³/mol. The van der Waals surface area contributed by atoms with E-state index in [1.54, 1.807) is 35.8 Å². The summed E-state index contributed by atoms with van der Waals surface area (Å²) < 4.78 is 15.7. The number of aromatic nitrogens is 4. The standard InChI is InChI=1S/C17H23FN6O/c1-12-4-14(7-19-21-12)17(25)22(2)11-16-5-15(18)10-24(16)9-13-6-20-23(3)8-13/h4,6-8,15-16H,5,9-11H2,1-3H3/t15-,16-/m0/s1. The molecule has 1 saturated heterocycles. The van der Waals surface area contributed by atoms with Crippen molar-refractivity contribution in [3.63, 3.8) is 0 Å². The van der Waals surface area contributed by atoms with Crippen LogP contribution >= 0.6 is 0 Å². The number of likely N-dealkylation sites (tertiary alicyclic amines) is 1. The fourth-order valence-electron chi connectivity index (χ4n) is 3.30. The molecule has 2 atom stereocenters. The van der Waals surface area contributed by atoms with Gasteiger partial charge in [0.1, 0.15) is 6.17 Å². The van der Waals surface area contributed by atoms with Crippen LogP contribution in [0.1, 0.15) is 28.0 Å². The van der Waals surface area contributed by atoms with Crippen LogP contribution in [0.5, 0.6) is 0 Å². The molecule has 0 saturated carbocycles. The minimum Gasteiger partial charge on any atom is -0.340 e. The van der Waals surface area contributed by atoms with Crippen molar-refractivity contribution in [3.8, 4) is 0 Å². The number of hydrogen-bond donors (Lipinski definition) is 0. The third-order valence-electron chi connectivity index (χ3n) is 4.48. The molecule has 2 aromatic rings. The van der Waals surface area contributed by atoms with Gasteiger partial charge in [-0.3, -0.25) is 14.4 Å². The summed E-state index contributed by atoms with van der Waals surface area (Å²) in [6.07, 6.45) is 4.76. The predicted octanol–water partition coefficient (Wildman–Crippen LogP) is 1.20. The summed E-state index contributed by atoms with van der Waals surface area (Å²) in [4.78, 5) is 16.3. The van der Waals surface area contributed by atoms with Crippen LogP contribution in [0.25, 0.3) is 0 Å². The Hall–Kier alpha value is -2.35. The van der Waals surface area contributed by atoms with Gasteiger partial charge in [-0.1, -0.05) is 0 Å². The molecular weight excluding hydrogens is 323 g/mol. The topological polar surface area (TPSA) is 67.2 Å². The minimum absolute atomic E-state index is 0.0138. The van der Waals surface area contributed by atoms with Gasteiger partial charge in [0.2, 0.25) is 0 Å². The van der Waals surface area contributed by atoms with Crippen LogP contribution in [0, 0.1) is 6.92 Å². The van der Waals surface area contributed by atoms with Crippen LogP contribution in [-0.4, -0.2) is 68.0 Å². The van der Waals surface area contributed by atoms with E-state index < -0.39 is 6.17 Å². The number of hydrogen-bond acceptors (Lipinski definition) is 5. The molecule has 134 valence electrons. The van der Waals surface area contributed by atoms with E-state index in [2.05, 4.69) is 20.2 Å². The van der Waals surface area contributed by atoms with Crippen LogP contribution in [0.4, 0.5) is 4.39 Å². The van der Waals surface area contributed by atoms with Crippen molar-refractivity contribution >= 4 is 5.91 Å². The lowest BCUT2D eigenvalue weighted by molar-refractivity contribution is 0.0749. The molecule has 0 bridgehead atoms. The molecule has 25 heavy (non-hydrogen) atoms. The second-order valence-electron chi connectivity index (χ2n) is 6.71. The van der Waals surface area contributed by atoms with Crippen LogP contribution in [0.2, 0.25) is 0 Å². The van der Waals surface area contributed by atoms with E-state index in [0.717, 1.165) is 5.56 Å². The first-order chi connectivity index (χ1) is 11.9. The van der Waals surface area contributed by atoms with Gasteiger partial charge in [0.25, 0.3) is 5.91 Å². The van der Waals surface area contributed by atoms with Gasteiger partial charge in [0.15, 0.2) is 0 Å². The quantitative estimate of drug-likeness (QED) is 0.814. The molecule has 2 aromatic heterocycles. The molecule has 8 heteroatoms. The van der Waals surface area contributed by atoms with E-state index in [9.17, 15) is 9.18 Å². The zero-order valence-electron chi connectivity index (χ0n) is 14.8. The first kappa shape index (κ1) is 17.5. The molecule has 3 rings (SSSR count). The molecule has 0 radical (unpaired) electrons. The average Bonchev–Trinajstić information content (AvgIpc) is 3.12. The van der Waals surface area contributed by atoms with Gasteiger partial charge in [0.05, 0.1) is 23.7 Å². The number of likely N-dealkylation sites (N-methyl/N-ethyl adjacent to an activating group) is 1. The summed E-state index contributed by atoms with van der Waals surface area (Å²) in [5.74, 6) is -0.123. The highest BCUT2D eigenvalue weighted by Crippen LogP contribution is 2.23. The van der Waals surface area contributed by atoms with Gasteiger partial charge in [-0.2, -0.15) is 15.3 Å². The largest absolute Gasteiger partial charge is 0.340 e. The number of carbonyl (C=O) groups is 1. The maximum atomic E-state index is 14.0. The van der Waals surface area contributed by atoms with Crippen molar-refractivity contribution in [2.24, 2.45) is 7.05 Å². The third kappa shape index (κ3) is 4.19. The summed E-state index contributed by atoms with van der Waals surface area (Å²) in [7, 11) is 3.60. The molecule has 1 aliphatic heterocycles. The van der Waals surface area contributed by atoms with E-state index in [1.165, 1.54) is 6.20 Å². The molecule has 7 nitrogen and oxygen atoms in total. The lowest BCUT2D eigenvalue weighted by atomic mass is 10.1. The van der Waals surface area contributed by atoms with E-state index in [0.29, 0.717) is 37.3 Å². The van der Waals surface area contributed by atoms with Gasteiger partial charge in [-0.15, -0.1) is 0 Å². The maximum absolute atomic E-state index is 14.0. The zero-order valence-corrected chi connectivity index (χ0v) is 14.8. The summed E-state index contributed by atoms with van der Waals surface area (Å²) in [5, 5.41) is 11.9. The second-order valence-corrected chi connectivity index (χ2v) is 6.71. The number of aryl methyl sites for hydroxylation is 2. The lowest BCUT2D eigenvalue weighted by Gasteiger charge is -2.28. The number of rotatable bonds is 5. The molecule has 1 aliphatic rings. The van der Waals surface area contributed by atoms with Gasteiger partial charge in [0, 0.05) is 51.5 Å².